The highest BCUT2D eigenvalue weighted by atomic mass is 35.5. The zero-order chi connectivity index (χ0) is 13.1. The van der Waals surface area contributed by atoms with E-state index in [1.165, 1.54) is 31.5 Å². The summed E-state index contributed by atoms with van der Waals surface area (Å²) in [6, 6.07) is 7.00. The molecule has 20 heavy (non-hydrogen) atoms. The molecule has 5 heteroatoms. The van der Waals surface area contributed by atoms with Gasteiger partial charge in [0.15, 0.2) is 11.5 Å². The van der Waals surface area contributed by atoms with Gasteiger partial charge in [-0.1, -0.05) is 6.07 Å². The zero-order valence-electron chi connectivity index (χ0n) is 11.9. The minimum atomic E-state index is 0. The summed E-state index contributed by atoms with van der Waals surface area (Å²) in [5.74, 6) is 1.78. The van der Waals surface area contributed by atoms with Gasteiger partial charge < -0.3 is 14.8 Å². The van der Waals surface area contributed by atoms with Gasteiger partial charge in [-0.2, -0.15) is 0 Å². The van der Waals surface area contributed by atoms with Crippen molar-refractivity contribution in [2.45, 2.75) is 25.4 Å². The van der Waals surface area contributed by atoms with Gasteiger partial charge in [0, 0.05) is 12.6 Å². The van der Waals surface area contributed by atoms with Crippen molar-refractivity contribution in [3.05, 3.63) is 23.8 Å². The molecule has 0 aliphatic carbocycles. The smallest absolute Gasteiger partial charge is 0.161 e. The topological polar surface area (TPSA) is 33.7 Å². The second-order valence-electron chi connectivity index (χ2n) is 5.32. The van der Waals surface area contributed by atoms with Crippen LogP contribution in [-0.2, 0) is 6.54 Å². The average molecular weight is 299 g/mol. The number of fused-ring (bicyclic) bond motifs is 1. The van der Waals surface area contributed by atoms with Crippen LogP contribution in [0.25, 0.3) is 0 Å². The number of nitrogens with one attached hydrogen (secondary N) is 1. The van der Waals surface area contributed by atoms with Crippen LogP contribution in [0.15, 0.2) is 18.2 Å². The number of ether oxygens (including phenoxy) is 2. The monoisotopic (exact) mass is 298 g/mol. The van der Waals surface area contributed by atoms with E-state index in [1.807, 2.05) is 6.07 Å². The highest BCUT2D eigenvalue weighted by Crippen LogP contribution is 2.31. The summed E-state index contributed by atoms with van der Waals surface area (Å²) in [5.41, 5.74) is 1.31. The molecule has 0 radical (unpaired) electrons. The number of nitrogens with zero attached hydrogens (tertiary/aromatic N) is 1. The summed E-state index contributed by atoms with van der Waals surface area (Å²) in [7, 11) is 2.06. The number of hydrogen-bond donors (Lipinski definition) is 1. The molecule has 0 atom stereocenters. The first-order valence-corrected chi connectivity index (χ1v) is 7.13. The quantitative estimate of drug-likeness (QED) is 0.926. The Morgan fingerprint density at radius 2 is 1.85 bits per heavy atom. The van der Waals surface area contributed by atoms with Crippen LogP contribution in [0.2, 0.25) is 0 Å². The summed E-state index contributed by atoms with van der Waals surface area (Å²) in [6.07, 6.45) is 2.47. The number of benzene rings is 1. The maximum absolute atomic E-state index is 5.63. The Labute approximate surface area is 126 Å². The van der Waals surface area contributed by atoms with Crippen molar-refractivity contribution in [1.29, 1.82) is 0 Å². The van der Waals surface area contributed by atoms with Gasteiger partial charge in [-0.3, -0.25) is 4.90 Å². The lowest BCUT2D eigenvalue weighted by Gasteiger charge is -2.32. The van der Waals surface area contributed by atoms with E-state index in [-0.39, 0.29) is 12.4 Å². The lowest BCUT2D eigenvalue weighted by atomic mass is 10.0. The first kappa shape index (κ1) is 15.4. The largest absolute Gasteiger partial charge is 0.486 e. The molecule has 0 spiro atoms. The lowest BCUT2D eigenvalue weighted by molar-refractivity contribution is 0.170. The second kappa shape index (κ2) is 7.16. The molecule has 112 valence electrons. The highest BCUT2D eigenvalue weighted by Gasteiger charge is 2.18. The van der Waals surface area contributed by atoms with E-state index in [0.29, 0.717) is 19.3 Å². The molecule has 1 saturated heterocycles. The zero-order valence-corrected chi connectivity index (χ0v) is 12.7. The summed E-state index contributed by atoms with van der Waals surface area (Å²) in [4.78, 5) is 2.51. The van der Waals surface area contributed by atoms with Gasteiger partial charge in [0.25, 0.3) is 0 Å². The molecule has 1 aromatic rings. The maximum Gasteiger partial charge on any atom is 0.161 e. The number of likely N-dealkylation sites (tertiary alicyclic amines) is 1. The van der Waals surface area contributed by atoms with Crippen molar-refractivity contribution in [2.24, 2.45) is 0 Å². The summed E-state index contributed by atoms with van der Waals surface area (Å²) >= 11 is 0. The van der Waals surface area contributed by atoms with E-state index < -0.39 is 0 Å². The number of rotatable bonds is 3. The third-order valence-electron chi connectivity index (χ3n) is 4.01. The fraction of sp³-hybridized carbons (Fsp3) is 0.600. The third kappa shape index (κ3) is 3.57. The van der Waals surface area contributed by atoms with Gasteiger partial charge >= 0.3 is 0 Å². The minimum absolute atomic E-state index is 0. The van der Waals surface area contributed by atoms with E-state index in [9.17, 15) is 0 Å². The molecule has 0 aromatic heterocycles. The van der Waals surface area contributed by atoms with Crippen molar-refractivity contribution in [2.75, 3.05) is 33.4 Å². The van der Waals surface area contributed by atoms with Gasteiger partial charge in [0.2, 0.25) is 0 Å². The first-order chi connectivity index (χ1) is 9.35. The van der Waals surface area contributed by atoms with E-state index >= 15 is 0 Å². The van der Waals surface area contributed by atoms with Crippen LogP contribution in [0, 0.1) is 0 Å². The summed E-state index contributed by atoms with van der Waals surface area (Å²) in [6.45, 7) is 4.65. The van der Waals surface area contributed by atoms with Crippen molar-refractivity contribution in [1.82, 2.24) is 10.2 Å². The van der Waals surface area contributed by atoms with Gasteiger partial charge in [-0.25, -0.2) is 0 Å². The predicted molar refractivity (Wildman–Crippen MR) is 82.0 cm³/mol. The van der Waals surface area contributed by atoms with Crippen LogP contribution >= 0.6 is 12.4 Å². The molecule has 0 amide bonds. The molecule has 4 nitrogen and oxygen atoms in total. The summed E-state index contributed by atoms with van der Waals surface area (Å²) < 4.78 is 11.2. The minimum Gasteiger partial charge on any atom is -0.486 e. The molecule has 3 rings (SSSR count). The van der Waals surface area contributed by atoms with Crippen LogP contribution in [0.3, 0.4) is 0 Å². The molecule has 0 saturated carbocycles. The van der Waals surface area contributed by atoms with E-state index in [1.54, 1.807) is 0 Å². The number of halogens is 1. The van der Waals surface area contributed by atoms with Crippen LogP contribution < -0.4 is 14.8 Å². The van der Waals surface area contributed by atoms with Crippen molar-refractivity contribution < 1.29 is 9.47 Å². The highest BCUT2D eigenvalue weighted by molar-refractivity contribution is 5.85. The van der Waals surface area contributed by atoms with Gasteiger partial charge in [-0.15, -0.1) is 12.4 Å². The molecule has 1 N–H and O–H groups in total. The number of hydrogen-bond acceptors (Lipinski definition) is 4. The SMILES string of the molecule is CNC1CCN(Cc2ccc3c(c2)OCCO3)CC1.Cl. The summed E-state index contributed by atoms with van der Waals surface area (Å²) in [5, 5.41) is 3.37. The van der Waals surface area contributed by atoms with Crippen molar-refractivity contribution in [3.8, 4) is 11.5 Å². The Hall–Kier alpha value is -0.970. The van der Waals surface area contributed by atoms with Crippen LogP contribution in [0.4, 0.5) is 0 Å². The fourth-order valence-corrected chi connectivity index (χ4v) is 2.82. The molecule has 0 unspecified atom stereocenters. The van der Waals surface area contributed by atoms with E-state index in [2.05, 4.69) is 29.4 Å². The Morgan fingerprint density at radius 1 is 1.15 bits per heavy atom. The first-order valence-electron chi connectivity index (χ1n) is 7.13. The van der Waals surface area contributed by atoms with Crippen LogP contribution in [0.1, 0.15) is 18.4 Å². The van der Waals surface area contributed by atoms with Gasteiger partial charge in [0.05, 0.1) is 0 Å². The Morgan fingerprint density at radius 3 is 2.55 bits per heavy atom. The molecule has 2 heterocycles. The molecule has 0 bridgehead atoms. The van der Waals surface area contributed by atoms with Crippen LogP contribution in [-0.4, -0.2) is 44.3 Å². The van der Waals surface area contributed by atoms with E-state index in [0.717, 1.165) is 18.0 Å². The molecule has 1 aromatic carbocycles. The fourth-order valence-electron chi connectivity index (χ4n) is 2.82. The van der Waals surface area contributed by atoms with E-state index in [4.69, 9.17) is 9.47 Å². The molecule has 1 fully saturated rings. The molecular weight excluding hydrogens is 276 g/mol. The van der Waals surface area contributed by atoms with Gasteiger partial charge in [0.1, 0.15) is 13.2 Å². The third-order valence-corrected chi connectivity index (χ3v) is 4.01. The van der Waals surface area contributed by atoms with Crippen molar-refractivity contribution >= 4 is 12.4 Å². The lowest BCUT2D eigenvalue weighted by Crippen LogP contribution is -2.40. The molecule has 2 aliphatic heterocycles. The standard InChI is InChI=1S/C15H22N2O2.ClH/c1-16-13-4-6-17(7-5-13)11-12-2-3-14-15(10-12)19-9-8-18-14;/h2-3,10,13,16H,4-9,11H2,1H3;1H. The predicted octanol–water partition coefficient (Wildman–Crippen LogP) is 2.06. The molecule has 2 aliphatic rings. The average Bonchev–Trinajstić information content (AvgIpc) is 2.48. The Balaban J connectivity index is 0.00000147. The number of piperidine rings is 1. The molecular formula is C15H23ClN2O2. The Kier molecular flexibility index (Phi) is 5.52. The van der Waals surface area contributed by atoms with Crippen molar-refractivity contribution in [3.63, 3.8) is 0 Å². The van der Waals surface area contributed by atoms with Crippen LogP contribution in [0.5, 0.6) is 11.5 Å². The Bertz CT molecular complexity index is 434. The van der Waals surface area contributed by atoms with Gasteiger partial charge in [-0.05, 0) is 50.7 Å². The maximum atomic E-state index is 5.63. The second-order valence-corrected chi connectivity index (χ2v) is 5.32. The normalized spacial score (nSPS) is 19.4.